The number of carbonyl (C=O) groups is 4. The van der Waals surface area contributed by atoms with Gasteiger partial charge in [-0.2, -0.15) is 0 Å². The normalized spacial score (nSPS) is 17.1. The van der Waals surface area contributed by atoms with Crippen LogP contribution in [0.1, 0.15) is 67.7 Å². The summed E-state index contributed by atoms with van der Waals surface area (Å²) in [5.74, 6) is -0.642. The highest BCUT2D eigenvalue weighted by Gasteiger charge is 2.40. The molecule has 0 spiro atoms. The molecule has 2 aliphatic rings. The number of benzene rings is 1. The number of amides is 3. The third-order valence-electron chi connectivity index (χ3n) is 6.75. The maximum absolute atomic E-state index is 13.1. The highest BCUT2D eigenvalue weighted by molar-refractivity contribution is 6.22. The Balaban J connectivity index is 0.00000222. The summed E-state index contributed by atoms with van der Waals surface area (Å²) in [6, 6.07) is 4.36. The lowest BCUT2D eigenvalue weighted by Crippen LogP contribution is -2.45. The van der Waals surface area contributed by atoms with E-state index in [1.807, 2.05) is 19.9 Å². The van der Waals surface area contributed by atoms with Crippen molar-refractivity contribution in [2.24, 2.45) is 5.92 Å². The maximum atomic E-state index is 13.1. The lowest BCUT2D eigenvalue weighted by Gasteiger charge is -2.31. The van der Waals surface area contributed by atoms with Gasteiger partial charge >= 0.3 is 0 Å². The predicted octanol–water partition coefficient (Wildman–Crippen LogP) is 2.16. The topological polar surface area (TPSA) is 102 Å². The number of rotatable bonds is 12. The molecule has 2 unspecified atom stereocenters. The lowest BCUT2D eigenvalue weighted by atomic mass is 10.1. The lowest BCUT2D eigenvalue weighted by molar-refractivity contribution is -0.121. The van der Waals surface area contributed by atoms with Gasteiger partial charge in [0.2, 0.25) is 5.91 Å². The van der Waals surface area contributed by atoms with Crippen LogP contribution in [0.5, 0.6) is 0 Å². The number of hydrogen-bond acceptors (Lipinski definition) is 7. The van der Waals surface area contributed by atoms with Gasteiger partial charge in [-0.05, 0) is 43.9 Å². The number of anilines is 1. The first-order chi connectivity index (χ1) is 17.4. The van der Waals surface area contributed by atoms with Crippen LogP contribution >= 0.6 is 0 Å². The molecule has 0 aliphatic carbocycles. The Labute approximate surface area is 215 Å². The molecule has 200 valence electrons. The summed E-state index contributed by atoms with van der Waals surface area (Å²) in [5, 5.41) is 5.87. The first-order valence-corrected chi connectivity index (χ1v) is 13.2. The van der Waals surface area contributed by atoms with Gasteiger partial charge in [0.15, 0.2) is 0 Å². The minimum Gasteiger partial charge on any atom is -0.372 e. The molecule has 9 heteroatoms. The van der Waals surface area contributed by atoms with Gasteiger partial charge in [0.25, 0.3) is 11.8 Å². The molecule has 1 aromatic carbocycles. The van der Waals surface area contributed by atoms with Crippen LogP contribution in [0, 0.1) is 5.92 Å². The van der Waals surface area contributed by atoms with E-state index in [9.17, 15) is 19.2 Å². The van der Waals surface area contributed by atoms with Crippen molar-refractivity contribution in [3.63, 3.8) is 0 Å². The molecular weight excluding hydrogens is 458 g/mol. The average molecular weight is 502 g/mol. The van der Waals surface area contributed by atoms with Gasteiger partial charge in [-0.15, -0.1) is 0 Å². The van der Waals surface area contributed by atoms with Crippen molar-refractivity contribution in [2.75, 3.05) is 57.8 Å². The second-order valence-electron chi connectivity index (χ2n) is 9.15. The molecule has 0 radical (unpaired) electrons. The molecule has 36 heavy (non-hydrogen) atoms. The Morgan fingerprint density at radius 3 is 2.42 bits per heavy atom. The van der Waals surface area contributed by atoms with Gasteiger partial charge in [0.1, 0.15) is 6.29 Å². The third kappa shape index (κ3) is 7.36. The number of piperazine rings is 1. The SMILES string of the molecule is CC.CCN(CCC(C)CN1CCNCC1)c1ccc2c(c1)C(=O)N(C(C=O)CCC(=O)NC)C2=O. The summed E-state index contributed by atoms with van der Waals surface area (Å²) in [7, 11) is 1.51. The molecule has 2 N–H and O–H groups in total. The van der Waals surface area contributed by atoms with E-state index in [1.165, 1.54) is 7.05 Å². The molecule has 0 saturated carbocycles. The van der Waals surface area contributed by atoms with E-state index < -0.39 is 17.9 Å². The Kier molecular flexibility index (Phi) is 12.0. The fourth-order valence-corrected chi connectivity index (χ4v) is 4.68. The number of hydrogen-bond donors (Lipinski definition) is 2. The zero-order chi connectivity index (χ0) is 26.7. The number of imide groups is 1. The van der Waals surface area contributed by atoms with Crippen molar-refractivity contribution in [1.29, 1.82) is 0 Å². The molecule has 1 aromatic rings. The molecule has 2 aliphatic heterocycles. The Bertz CT molecular complexity index is 900. The number of nitrogens with one attached hydrogen (secondary N) is 2. The summed E-state index contributed by atoms with van der Waals surface area (Å²) in [6.45, 7) is 15.3. The standard InChI is InChI=1S/C25H37N5O4.C2H6/c1-4-29(12-9-18(2)16-28-13-10-27-11-14-28)19-5-7-21-22(15-19)25(34)30(24(21)33)20(17-31)6-8-23(32)26-3;1-2/h5,7,15,17-18,20,27H,4,6,8-14,16H2,1-3H3,(H,26,32);1-2H3. The summed E-state index contributed by atoms with van der Waals surface area (Å²) in [4.78, 5) is 54.9. The first kappa shape index (κ1) is 29.5. The van der Waals surface area contributed by atoms with E-state index in [2.05, 4.69) is 34.3 Å². The number of aldehydes is 1. The Hall–Kier alpha value is -2.78. The van der Waals surface area contributed by atoms with Crippen LogP contribution in [0.4, 0.5) is 5.69 Å². The maximum Gasteiger partial charge on any atom is 0.262 e. The van der Waals surface area contributed by atoms with Gasteiger partial charge in [0, 0.05) is 65.0 Å². The van der Waals surface area contributed by atoms with Crippen LogP contribution < -0.4 is 15.5 Å². The fraction of sp³-hybridized carbons (Fsp3) is 0.630. The van der Waals surface area contributed by atoms with E-state index in [0.29, 0.717) is 23.3 Å². The summed E-state index contributed by atoms with van der Waals surface area (Å²) < 4.78 is 0. The van der Waals surface area contributed by atoms with Crippen molar-refractivity contribution < 1.29 is 19.2 Å². The number of fused-ring (bicyclic) bond motifs is 1. The zero-order valence-corrected chi connectivity index (χ0v) is 22.5. The molecule has 3 amide bonds. The minimum atomic E-state index is -0.957. The van der Waals surface area contributed by atoms with Gasteiger partial charge in [-0.3, -0.25) is 19.3 Å². The molecule has 2 atom stereocenters. The third-order valence-corrected chi connectivity index (χ3v) is 6.75. The minimum absolute atomic E-state index is 0.0638. The highest BCUT2D eigenvalue weighted by Crippen LogP contribution is 2.30. The summed E-state index contributed by atoms with van der Waals surface area (Å²) >= 11 is 0. The smallest absolute Gasteiger partial charge is 0.262 e. The first-order valence-electron chi connectivity index (χ1n) is 13.2. The van der Waals surface area contributed by atoms with Crippen molar-refractivity contribution in [3.05, 3.63) is 29.3 Å². The summed E-state index contributed by atoms with van der Waals surface area (Å²) in [6.07, 6.45) is 1.77. The monoisotopic (exact) mass is 501 g/mol. The van der Waals surface area contributed by atoms with Crippen LogP contribution in [-0.2, 0) is 9.59 Å². The molecule has 0 aromatic heterocycles. The summed E-state index contributed by atoms with van der Waals surface area (Å²) in [5.41, 5.74) is 1.52. The van der Waals surface area contributed by atoms with Crippen molar-refractivity contribution in [3.8, 4) is 0 Å². The molecule has 2 heterocycles. The molecule has 0 bridgehead atoms. The van der Waals surface area contributed by atoms with Crippen LogP contribution in [0.15, 0.2) is 18.2 Å². The van der Waals surface area contributed by atoms with Gasteiger partial charge in [0.05, 0.1) is 17.2 Å². The van der Waals surface area contributed by atoms with Crippen molar-refractivity contribution >= 4 is 29.7 Å². The van der Waals surface area contributed by atoms with Crippen LogP contribution in [0.3, 0.4) is 0 Å². The van der Waals surface area contributed by atoms with E-state index in [4.69, 9.17) is 0 Å². The van der Waals surface area contributed by atoms with Gasteiger partial charge in [-0.1, -0.05) is 20.8 Å². The molecule has 1 saturated heterocycles. The number of carbonyl (C=O) groups excluding carboxylic acids is 4. The van der Waals surface area contributed by atoms with E-state index in [1.54, 1.807) is 12.1 Å². The predicted molar refractivity (Wildman–Crippen MR) is 142 cm³/mol. The number of nitrogens with zero attached hydrogens (tertiary/aromatic N) is 3. The largest absolute Gasteiger partial charge is 0.372 e. The van der Waals surface area contributed by atoms with Gasteiger partial charge < -0.3 is 25.2 Å². The van der Waals surface area contributed by atoms with E-state index >= 15 is 0 Å². The van der Waals surface area contributed by atoms with Crippen molar-refractivity contribution in [2.45, 2.75) is 53.0 Å². The van der Waals surface area contributed by atoms with Crippen LogP contribution in [-0.4, -0.2) is 92.7 Å². The van der Waals surface area contributed by atoms with Gasteiger partial charge in [-0.25, -0.2) is 0 Å². The zero-order valence-electron chi connectivity index (χ0n) is 22.5. The fourth-order valence-electron chi connectivity index (χ4n) is 4.68. The molecule has 1 fully saturated rings. The van der Waals surface area contributed by atoms with Crippen LogP contribution in [0.25, 0.3) is 0 Å². The van der Waals surface area contributed by atoms with E-state index in [0.717, 1.165) is 62.8 Å². The highest BCUT2D eigenvalue weighted by atomic mass is 16.2. The molecule has 9 nitrogen and oxygen atoms in total. The van der Waals surface area contributed by atoms with Crippen molar-refractivity contribution in [1.82, 2.24) is 20.4 Å². The second-order valence-corrected chi connectivity index (χ2v) is 9.15. The average Bonchev–Trinajstić information content (AvgIpc) is 3.16. The van der Waals surface area contributed by atoms with E-state index in [-0.39, 0.29) is 18.7 Å². The molecule has 3 rings (SSSR count). The Morgan fingerprint density at radius 1 is 1.14 bits per heavy atom. The second kappa shape index (κ2) is 14.7. The quantitative estimate of drug-likeness (QED) is 0.334. The molecular formula is C27H43N5O4. The van der Waals surface area contributed by atoms with Crippen LogP contribution in [0.2, 0.25) is 0 Å². The Morgan fingerprint density at radius 2 is 1.81 bits per heavy atom.